The average molecular weight is 373 g/mol. The van der Waals surface area contributed by atoms with Gasteiger partial charge in [0.2, 0.25) is 17.7 Å². The second-order valence-corrected chi connectivity index (χ2v) is 7.07. The van der Waals surface area contributed by atoms with Crippen LogP contribution in [0.3, 0.4) is 0 Å². The van der Waals surface area contributed by atoms with Crippen LogP contribution >= 0.6 is 0 Å². The lowest BCUT2D eigenvalue weighted by Crippen LogP contribution is -2.54. The fraction of sp³-hybridized carbons (Fsp3) is 0.550. The Morgan fingerprint density at radius 2 is 1.67 bits per heavy atom. The van der Waals surface area contributed by atoms with Gasteiger partial charge in [-0.2, -0.15) is 0 Å². The molecular weight excluding hydrogens is 346 g/mol. The van der Waals surface area contributed by atoms with Crippen LogP contribution in [-0.2, 0) is 20.8 Å². The third kappa shape index (κ3) is 4.99. The van der Waals surface area contributed by atoms with E-state index in [2.05, 4.69) is 0 Å². The second-order valence-electron chi connectivity index (χ2n) is 7.07. The van der Waals surface area contributed by atoms with Crippen molar-refractivity contribution < 1.29 is 19.1 Å². The van der Waals surface area contributed by atoms with Crippen molar-refractivity contribution in [2.45, 2.75) is 25.7 Å². The van der Waals surface area contributed by atoms with Gasteiger partial charge in [-0.25, -0.2) is 0 Å². The topological polar surface area (TPSA) is 70.2 Å². The zero-order chi connectivity index (χ0) is 19.2. The number of amides is 3. The maximum Gasteiger partial charge on any atom is 0.242 e. The Kier molecular flexibility index (Phi) is 6.32. The molecule has 1 aromatic carbocycles. The maximum absolute atomic E-state index is 12.4. The van der Waals surface area contributed by atoms with E-state index in [0.717, 1.165) is 37.2 Å². The molecule has 0 N–H and O–H groups in total. The molecule has 2 aliphatic rings. The normalized spacial score (nSPS) is 17.4. The number of hydrogen-bond donors (Lipinski definition) is 0. The molecule has 0 unspecified atom stereocenters. The predicted molar refractivity (Wildman–Crippen MR) is 100 cm³/mol. The molecule has 2 fully saturated rings. The standard InChI is InChI=1S/C20H27N3O4/c1-27-17-7-4-16(5-8-17)6-9-18(24)22-12-13-23(20(26)15-22)14-19(25)21-10-2-3-11-21/h4-5,7-8H,2-3,6,9-15H2,1H3. The highest BCUT2D eigenvalue weighted by atomic mass is 16.5. The number of ether oxygens (including phenoxy) is 1. The molecule has 0 atom stereocenters. The van der Waals surface area contributed by atoms with Gasteiger partial charge in [0.1, 0.15) is 5.75 Å². The SMILES string of the molecule is COc1ccc(CCC(=O)N2CCN(CC(=O)N3CCCC3)C(=O)C2)cc1. The molecule has 0 bridgehead atoms. The van der Waals surface area contributed by atoms with Crippen LogP contribution in [0.25, 0.3) is 0 Å². The highest BCUT2D eigenvalue weighted by molar-refractivity contribution is 5.89. The van der Waals surface area contributed by atoms with Gasteiger partial charge in [0.15, 0.2) is 0 Å². The highest BCUT2D eigenvalue weighted by Crippen LogP contribution is 2.14. The minimum atomic E-state index is -0.147. The summed E-state index contributed by atoms with van der Waals surface area (Å²) in [5, 5.41) is 0. The Morgan fingerprint density at radius 3 is 2.30 bits per heavy atom. The number of piperazine rings is 1. The van der Waals surface area contributed by atoms with Crippen LogP contribution in [0.15, 0.2) is 24.3 Å². The van der Waals surface area contributed by atoms with Gasteiger partial charge in [-0.15, -0.1) is 0 Å². The third-order valence-corrected chi connectivity index (χ3v) is 5.24. The molecule has 7 nitrogen and oxygen atoms in total. The zero-order valence-corrected chi connectivity index (χ0v) is 15.9. The van der Waals surface area contributed by atoms with Crippen LogP contribution in [0.5, 0.6) is 5.75 Å². The van der Waals surface area contributed by atoms with Crippen LogP contribution < -0.4 is 4.74 Å². The Balaban J connectivity index is 1.44. The van der Waals surface area contributed by atoms with Gasteiger partial charge in [0.25, 0.3) is 0 Å². The van der Waals surface area contributed by atoms with Gasteiger partial charge >= 0.3 is 0 Å². The molecule has 27 heavy (non-hydrogen) atoms. The van der Waals surface area contributed by atoms with E-state index >= 15 is 0 Å². The Labute approximate surface area is 159 Å². The Hall–Kier alpha value is -2.57. The number of methoxy groups -OCH3 is 1. The van der Waals surface area contributed by atoms with Gasteiger partial charge in [0.05, 0.1) is 20.2 Å². The summed E-state index contributed by atoms with van der Waals surface area (Å²) in [5.41, 5.74) is 1.06. The quantitative estimate of drug-likeness (QED) is 0.744. The van der Waals surface area contributed by atoms with Crippen LogP contribution in [0.1, 0.15) is 24.8 Å². The summed E-state index contributed by atoms with van der Waals surface area (Å²) in [6, 6.07) is 7.64. The largest absolute Gasteiger partial charge is 0.497 e. The number of aryl methyl sites for hydroxylation is 1. The number of carbonyl (C=O) groups is 3. The smallest absolute Gasteiger partial charge is 0.242 e. The van der Waals surface area contributed by atoms with E-state index in [1.807, 2.05) is 29.2 Å². The molecule has 0 aliphatic carbocycles. The van der Waals surface area contributed by atoms with E-state index < -0.39 is 0 Å². The van der Waals surface area contributed by atoms with Crippen molar-refractivity contribution in [3.8, 4) is 5.75 Å². The molecule has 2 aliphatic heterocycles. The van der Waals surface area contributed by atoms with Crippen molar-refractivity contribution >= 4 is 17.7 Å². The van der Waals surface area contributed by atoms with Gasteiger partial charge in [-0.3, -0.25) is 14.4 Å². The van der Waals surface area contributed by atoms with Crippen LogP contribution in [0.2, 0.25) is 0 Å². The van der Waals surface area contributed by atoms with Gasteiger partial charge < -0.3 is 19.4 Å². The van der Waals surface area contributed by atoms with Crippen molar-refractivity contribution in [2.75, 3.05) is 46.4 Å². The van der Waals surface area contributed by atoms with Gasteiger partial charge in [-0.05, 0) is 37.0 Å². The minimum absolute atomic E-state index is 0.0140. The molecule has 2 saturated heterocycles. The monoisotopic (exact) mass is 373 g/mol. The molecule has 7 heteroatoms. The lowest BCUT2D eigenvalue weighted by atomic mass is 10.1. The number of nitrogens with zero attached hydrogens (tertiary/aromatic N) is 3. The van der Waals surface area contributed by atoms with E-state index in [0.29, 0.717) is 25.9 Å². The van der Waals surface area contributed by atoms with Crippen LogP contribution in [0.4, 0.5) is 0 Å². The molecular formula is C20H27N3O4. The minimum Gasteiger partial charge on any atom is -0.497 e. The van der Waals surface area contributed by atoms with Crippen LogP contribution in [-0.4, -0.2) is 78.8 Å². The summed E-state index contributed by atoms with van der Waals surface area (Å²) in [4.78, 5) is 42.0. The molecule has 146 valence electrons. The van der Waals surface area contributed by atoms with Crippen molar-refractivity contribution in [3.05, 3.63) is 29.8 Å². The molecule has 0 saturated carbocycles. The van der Waals surface area contributed by atoms with E-state index in [1.54, 1.807) is 16.9 Å². The summed E-state index contributed by atoms with van der Waals surface area (Å²) < 4.78 is 5.13. The molecule has 3 amide bonds. The first-order chi connectivity index (χ1) is 13.1. The van der Waals surface area contributed by atoms with E-state index in [-0.39, 0.29) is 30.8 Å². The summed E-state index contributed by atoms with van der Waals surface area (Å²) in [7, 11) is 1.62. The average Bonchev–Trinajstić information content (AvgIpc) is 3.23. The first-order valence-corrected chi connectivity index (χ1v) is 9.53. The van der Waals surface area contributed by atoms with E-state index in [1.165, 1.54) is 0 Å². The third-order valence-electron chi connectivity index (χ3n) is 5.24. The fourth-order valence-electron chi connectivity index (χ4n) is 3.52. The lowest BCUT2D eigenvalue weighted by Gasteiger charge is -2.34. The molecule has 1 aromatic rings. The number of rotatable bonds is 6. The fourth-order valence-corrected chi connectivity index (χ4v) is 3.52. The Morgan fingerprint density at radius 1 is 0.963 bits per heavy atom. The van der Waals surface area contributed by atoms with Crippen molar-refractivity contribution in [3.63, 3.8) is 0 Å². The number of benzene rings is 1. The first kappa shape index (κ1) is 19.2. The maximum atomic E-state index is 12.4. The van der Waals surface area contributed by atoms with Crippen LogP contribution in [0, 0.1) is 0 Å². The summed E-state index contributed by atoms with van der Waals surface area (Å²) >= 11 is 0. The Bertz CT molecular complexity index is 683. The van der Waals surface area contributed by atoms with E-state index in [4.69, 9.17) is 4.74 Å². The molecule has 2 heterocycles. The summed E-state index contributed by atoms with van der Waals surface area (Å²) in [5.74, 6) is 0.631. The summed E-state index contributed by atoms with van der Waals surface area (Å²) in [6.07, 6.45) is 3.07. The predicted octanol–water partition coefficient (Wildman–Crippen LogP) is 0.921. The zero-order valence-electron chi connectivity index (χ0n) is 15.9. The molecule has 0 aromatic heterocycles. The first-order valence-electron chi connectivity index (χ1n) is 9.53. The number of carbonyl (C=O) groups excluding carboxylic acids is 3. The lowest BCUT2D eigenvalue weighted by molar-refractivity contribution is -0.148. The van der Waals surface area contributed by atoms with Crippen molar-refractivity contribution in [2.24, 2.45) is 0 Å². The van der Waals surface area contributed by atoms with E-state index in [9.17, 15) is 14.4 Å². The van der Waals surface area contributed by atoms with Crippen molar-refractivity contribution in [1.82, 2.24) is 14.7 Å². The molecule has 3 rings (SSSR count). The van der Waals surface area contributed by atoms with Crippen molar-refractivity contribution in [1.29, 1.82) is 0 Å². The van der Waals surface area contributed by atoms with Gasteiger partial charge in [-0.1, -0.05) is 12.1 Å². The molecule has 0 spiro atoms. The second kappa shape index (κ2) is 8.88. The van der Waals surface area contributed by atoms with Gasteiger partial charge in [0, 0.05) is 32.6 Å². The number of likely N-dealkylation sites (tertiary alicyclic amines) is 1. The summed E-state index contributed by atoms with van der Waals surface area (Å²) in [6.45, 7) is 2.68. The number of hydrogen-bond acceptors (Lipinski definition) is 4. The molecule has 0 radical (unpaired) electrons. The highest BCUT2D eigenvalue weighted by Gasteiger charge is 2.29.